The first kappa shape index (κ1) is 20.6. The van der Waals surface area contributed by atoms with Crippen LogP contribution in [0.15, 0.2) is 47.0 Å². The summed E-state index contributed by atoms with van der Waals surface area (Å²) in [4.78, 5) is 23.1. The second kappa shape index (κ2) is 8.95. The third kappa shape index (κ3) is 4.32. The van der Waals surface area contributed by atoms with Crippen LogP contribution in [0.3, 0.4) is 0 Å². The third-order valence-electron chi connectivity index (χ3n) is 4.18. The van der Waals surface area contributed by atoms with E-state index in [1.54, 1.807) is 31.4 Å². The molecule has 10 heteroatoms. The summed E-state index contributed by atoms with van der Waals surface area (Å²) in [6, 6.07) is 11.1. The van der Waals surface area contributed by atoms with E-state index in [0.29, 0.717) is 17.2 Å². The molecule has 0 fully saturated rings. The topological polar surface area (TPSA) is 123 Å². The average molecular weight is 414 g/mol. The summed E-state index contributed by atoms with van der Waals surface area (Å²) in [5.41, 5.74) is 0.336. The number of nitrogens with zero attached hydrogens (tertiary/aromatic N) is 2. The lowest BCUT2D eigenvalue weighted by Gasteiger charge is -2.10. The molecule has 3 aromatic rings. The summed E-state index contributed by atoms with van der Waals surface area (Å²) in [7, 11) is 4.25. The fourth-order valence-corrected chi connectivity index (χ4v) is 2.69. The molecule has 0 aliphatic carbocycles. The zero-order chi connectivity index (χ0) is 21.7. The number of ether oxygens (including phenoxy) is 4. The quantitative estimate of drug-likeness (QED) is 0.309. The van der Waals surface area contributed by atoms with Gasteiger partial charge in [-0.25, -0.2) is 4.79 Å². The van der Waals surface area contributed by atoms with Crippen LogP contribution in [0.4, 0.5) is 5.69 Å². The van der Waals surface area contributed by atoms with Crippen LogP contribution in [-0.2, 0) is 11.3 Å². The van der Waals surface area contributed by atoms with Crippen molar-refractivity contribution in [2.24, 2.45) is 0 Å². The number of hydrogen-bond donors (Lipinski definition) is 0. The standard InChI is InChI=1S/C20H18N2O8/c1-26-14-6-4-5-12(7-14)17-8-13(21-30-17)11-29-20(23)15-9-18(27-2)19(28-3)10-16(15)22(24)25/h4-10H,11H2,1-3H3. The number of esters is 1. The van der Waals surface area contributed by atoms with Crippen molar-refractivity contribution in [3.05, 3.63) is 63.8 Å². The molecule has 0 aliphatic rings. The van der Waals surface area contributed by atoms with E-state index in [1.165, 1.54) is 20.3 Å². The van der Waals surface area contributed by atoms with Crippen LogP contribution in [0, 0.1) is 10.1 Å². The van der Waals surface area contributed by atoms with E-state index in [1.807, 2.05) is 6.07 Å². The number of carbonyl (C=O) groups excluding carboxylic acids is 1. The van der Waals surface area contributed by atoms with Gasteiger partial charge >= 0.3 is 5.97 Å². The number of rotatable bonds is 8. The highest BCUT2D eigenvalue weighted by Crippen LogP contribution is 2.35. The molecule has 3 rings (SSSR count). The van der Waals surface area contributed by atoms with Crippen LogP contribution in [0.2, 0.25) is 0 Å². The Morgan fingerprint density at radius 2 is 1.80 bits per heavy atom. The van der Waals surface area contributed by atoms with Crippen molar-refractivity contribution >= 4 is 11.7 Å². The zero-order valence-corrected chi connectivity index (χ0v) is 16.4. The predicted molar refractivity (Wildman–Crippen MR) is 104 cm³/mol. The van der Waals surface area contributed by atoms with Crippen LogP contribution in [0.25, 0.3) is 11.3 Å². The second-order valence-corrected chi connectivity index (χ2v) is 5.97. The molecule has 30 heavy (non-hydrogen) atoms. The van der Waals surface area contributed by atoms with Crippen LogP contribution in [-0.4, -0.2) is 37.4 Å². The number of benzene rings is 2. The highest BCUT2D eigenvalue weighted by Gasteiger charge is 2.26. The van der Waals surface area contributed by atoms with Gasteiger partial charge in [0.15, 0.2) is 17.3 Å². The minimum Gasteiger partial charge on any atom is -0.497 e. The summed E-state index contributed by atoms with van der Waals surface area (Å²) in [6.45, 7) is -0.238. The van der Waals surface area contributed by atoms with Crippen LogP contribution < -0.4 is 14.2 Å². The van der Waals surface area contributed by atoms with Gasteiger partial charge in [-0.05, 0) is 12.1 Å². The number of carbonyl (C=O) groups is 1. The van der Waals surface area contributed by atoms with Crippen molar-refractivity contribution in [1.82, 2.24) is 5.16 Å². The lowest BCUT2D eigenvalue weighted by Crippen LogP contribution is -2.09. The first-order chi connectivity index (χ1) is 14.5. The molecule has 10 nitrogen and oxygen atoms in total. The van der Waals surface area contributed by atoms with Gasteiger partial charge in [-0.2, -0.15) is 0 Å². The fraction of sp³-hybridized carbons (Fsp3) is 0.200. The Morgan fingerprint density at radius 1 is 1.07 bits per heavy atom. The van der Waals surface area contributed by atoms with E-state index in [9.17, 15) is 14.9 Å². The maximum Gasteiger partial charge on any atom is 0.345 e. The van der Waals surface area contributed by atoms with E-state index in [-0.39, 0.29) is 23.7 Å². The molecule has 0 atom stereocenters. The average Bonchev–Trinajstić information content (AvgIpc) is 3.25. The maximum atomic E-state index is 12.5. The summed E-state index contributed by atoms with van der Waals surface area (Å²) >= 11 is 0. The number of nitro groups is 1. The SMILES string of the molecule is COc1cccc(-c2cc(COC(=O)c3cc(OC)c(OC)cc3[N+](=O)[O-])no2)c1. The molecule has 156 valence electrons. The number of aromatic nitrogens is 1. The summed E-state index contributed by atoms with van der Waals surface area (Å²) < 4.78 is 25.8. The summed E-state index contributed by atoms with van der Waals surface area (Å²) in [5, 5.41) is 15.2. The normalized spacial score (nSPS) is 10.4. The van der Waals surface area contributed by atoms with Crippen molar-refractivity contribution in [1.29, 1.82) is 0 Å². The molecule has 0 spiro atoms. The number of methoxy groups -OCH3 is 3. The molecule has 0 N–H and O–H groups in total. The monoisotopic (exact) mass is 414 g/mol. The van der Waals surface area contributed by atoms with E-state index >= 15 is 0 Å². The van der Waals surface area contributed by atoms with Crippen molar-refractivity contribution in [2.45, 2.75) is 6.61 Å². The molecule has 0 radical (unpaired) electrons. The van der Waals surface area contributed by atoms with Gasteiger partial charge in [0.1, 0.15) is 23.6 Å². The van der Waals surface area contributed by atoms with Gasteiger partial charge < -0.3 is 23.5 Å². The van der Waals surface area contributed by atoms with Gasteiger partial charge in [0.2, 0.25) is 0 Å². The molecule has 0 saturated heterocycles. The second-order valence-electron chi connectivity index (χ2n) is 5.97. The van der Waals surface area contributed by atoms with E-state index in [2.05, 4.69) is 5.16 Å². The Bertz CT molecular complexity index is 1080. The number of hydrogen-bond acceptors (Lipinski definition) is 9. The van der Waals surface area contributed by atoms with Gasteiger partial charge in [-0.15, -0.1) is 0 Å². The molecule has 0 unspecified atom stereocenters. The summed E-state index contributed by atoms with van der Waals surface area (Å²) in [6.07, 6.45) is 0. The Balaban J connectivity index is 1.77. The maximum absolute atomic E-state index is 12.5. The van der Waals surface area contributed by atoms with Crippen LogP contribution in [0.5, 0.6) is 17.2 Å². The van der Waals surface area contributed by atoms with Crippen LogP contribution in [0.1, 0.15) is 16.1 Å². The molecule has 1 heterocycles. The van der Waals surface area contributed by atoms with E-state index in [0.717, 1.165) is 11.6 Å². The smallest absolute Gasteiger partial charge is 0.345 e. The van der Waals surface area contributed by atoms with Gasteiger partial charge in [0.25, 0.3) is 5.69 Å². The van der Waals surface area contributed by atoms with E-state index < -0.39 is 16.6 Å². The van der Waals surface area contributed by atoms with Gasteiger partial charge in [-0.3, -0.25) is 10.1 Å². The van der Waals surface area contributed by atoms with Gasteiger partial charge in [0, 0.05) is 17.7 Å². The highest BCUT2D eigenvalue weighted by molar-refractivity contribution is 5.95. The summed E-state index contributed by atoms with van der Waals surface area (Å²) in [5.74, 6) is 0.486. The first-order valence-corrected chi connectivity index (χ1v) is 8.64. The zero-order valence-electron chi connectivity index (χ0n) is 16.4. The number of nitro benzene ring substituents is 1. The Hall–Kier alpha value is -4.08. The molecule has 1 aromatic heterocycles. The minimum atomic E-state index is -0.909. The molecule has 0 saturated carbocycles. The molecule has 0 aliphatic heterocycles. The van der Waals surface area contributed by atoms with Gasteiger partial charge in [0.05, 0.1) is 32.3 Å². The van der Waals surface area contributed by atoms with Crippen LogP contribution >= 0.6 is 0 Å². The molecule has 0 amide bonds. The fourth-order valence-electron chi connectivity index (χ4n) is 2.69. The predicted octanol–water partition coefficient (Wildman–Crippen LogP) is 3.63. The Kier molecular flexibility index (Phi) is 6.16. The first-order valence-electron chi connectivity index (χ1n) is 8.64. The lowest BCUT2D eigenvalue weighted by atomic mass is 10.1. The molecule has 0 bridgehead atoms. The lowest BCUT2D eigenvalue weighted by molar-refractivity contribution is -0.385. The molecular weight excluding hydrogens is 396 g/mol. The van der Waals surface area contributed by atoms with Crippen molar-refractivity contribution in [2.75, 3.05) is 21.3 Å². The van der Waals surface area contributed by atoms with Crippen molar-refractivity contribution in [3.63, 3.8) is 0 Å². The Labute approximate surface area is 171 Å². The van der Waals surface area contributed by atoms with Crippen molar-refractivity contribution in [3.8, 4) is 28.6 Å². The van der Waals surface area contributed by atoms with Gasteiger partial charge in [-0.1, -0.05) is 17.3 Å². The highest BCUT2D eigenvalue weighted by atomic mass is 16.6. The van der Waals surface area contributed by atoms with E-state index in [4.69, 9.17) is 23.5 Å². The minimum absolute atomic E-state index is 0.125. The molecule has 2 aromatic carbocycles. The largest absolute Gasteiger partial charge is 0.497 e. The molecular formula is C20H18N2O8. The third-order valence-corrected chi connectivity index (χ3v) is 4.18. The Morgan fingerprint density at radius 3 is 2.47 bits per heavy atom. The van der Waals surface area contributed by atoms with Crippen molar-refractivity contribution < 1.29 is 33.2 Å².